The monoisotopic (exact) mass is 216 g/mol. The van der Waals surface area contributed by atoms with E-state index < -0.39 is 0 Å². The van der Waals surface area contributed by atoms with Crippen LogP contribution in [0, 0.1) is 17.2 Å². The molecule has 0 spiro atoms. The molecular formula is C12H16N4. The van der Waals surface area contributed by atoms with Crippen LogP contribution in [-0.4, -0.2) is 24.1 Å². The number of anilines is 1. The highest BCUT2D eigenvalue weighted by Crippen LogP contribution is 2.26. The second-order valence-corrected chi connectivity index (χ2v) is 4.33. The molecule has 0 aliphatic carbocycles. The minimum atomic E-state index is 0.454. The Labute approximate surface area is 95.7 Å². The van der Waals surface area contributed by atoms with Gasteiger partial charge in [0.25, 0.3) is 0 Å². The summed E-state index contributed by atoms with van der Waals surface area (Å²) in [5.41, 5.74) is 6.17. The Balaban J connectivity index is 2.21. The molecule has 4 nitrogen and oxygen atoms in total. The van der Waals surface area contributed by atoms with Crippen molar-refractivity contribution in [3.8, 4) is 6.07 Å². The van der Waals surface area contributed by atoms with Gasteiger partial charge in [0.1, 0.15) is 17.6 Å². The molecule has 1 aromatic heterocycles. The van der Waals surface area contributed by atoms with E-state index in [0.29, 0.717) is 17.7 Å². The maximum atomic E-state index is 8.82. The Kier molecular flexibility index (Phi) is 3.07. The SMILES string of the molecule is CC1CC(CN)CN1c1cccc(C#N)n1. The number of rotatable bonds is 2. The molecule has 4 heteroatoms. The first-order valence-electron chi connectivity index (χ1n) is 5.58. The first-order chi connectivity index (χ1) is 7.74. The van der Waals surface area contributed by atoms with Gasteiger partial charge in [-0.3, -0.25) is 0 Å². The van der Waals surface area contributed by atoms with E-state index in [0.717, 1.165) is 25.3 Å². The Hall–Kier alpha value is -1.60. The van der Waals surface area contributed by atoms with E-state index in [1.54, 1.807) is 6.07 Å². The predicted octanol–water partition coefficient (Wildman–Crippen LogP) is 1.13. The summed E-state index contributed by atoms with van der Waals surface area (Å²) >= 11 is 0. The zero-order chi connectivity index (χ0) is 11.5. The van der Waals surface area contributed by atoms with Crippen LogP contribution in [0.1, 0.15) is 19.0 Å². The molecule has 16 heavy (non-hydrogen) atoms. The molecule has 2 unspecified atom stereocenters. The summed E-state index contributed by atoms with van der Waals surface area (Å²) < 4.78 is 0. The minimum Gasteiger partial charge on any atom is -0.354 e. The maximum absolute atomic E-state index is 8.82. The smallest absolute Gasteiger partial charge is 0.142 e. The summed E-state index contributed by atoms with van der Waals surface area (Å²) in [5, 5.41) is 8.82. The van der Waals surface area contributed by atoms with E-state index >= 15 is 0 Å². The molecule has 2 heterocycles. The van der Waals surface area contributed by atoms with Crippen molar-refractivity contribution in [2.24, 2.45) is 11.7 Å². The second kappa shape index (κ2) is 4.50. The third kappa shape index (κ3) is 2.00. The third-order valence-electron chi connectivity index (χ3n) is 3.14. The molecule has 0 amide bonds. The van der Waals surface area contributed by atoms with Crippen molar-refractivity contribution < 1.29 is 0 Å². The summed E-state index contributed by atoms with van der Waals surface area (Å²) in [6.45, 7) is 3.84. The lowest BCUT2D eigenvalue weighted by atomic mass is 10.1. The fraction of sp³-hybridized carbons (Fsp3) is 0.500. The van der Waals surface area contributed by atoms with E-state index in [2.05, 4.69) is 22.9 Å². The molecule has 1 aliphatic heterocycles. The van der Waals surface area contributed by atoms with Crippen molar-refractivity contribution in [1.82, 2.24) is 4.98 Å². The standard InChI is InChI=1S/C12H16N4/c1-9-5-10(6-13)8-16(9)12-4-2-3-11(7-14)15-12/h2-4,9-10H,5-6,8,13H2,1H3. The van der Waals surface area contributed by atoms with Gasteiger partial charge in [-0.2, -0.15) is 5.26 Å². The van der Waals surface area contributed by atoms with Crippen molar-refractivity contribution in [3.05, 3.63) is 23.9 Å². The summed E-state index contributed by atoms with van der Waals surface area (Å²) in [6.07, 6.45) is 1.11. The van der Waals surface area contributed by atoms with Gasteiger partial charge in [0, 0.05) is 12.6 Å². The molecule has 1 aromatic rings. The summed E-state index contributed by atoms with van der Waals surface area (Å²) in [5.74, 6) is 1.44. The van der Waals surface area contributed by atoms with Gasteiger partial charge in [0.15, 0.2) is 0 Å². The van der Waals surface area contributed by atoms with Gasteiger partial charge in [-0.15, -0.1) is 0 Å². The fourth-order valence-corrected chi connectivity index (χ4v) is 2.28. The average Bonchev–Trinajstić information content (AvgIpc) is 2.71. The molecule has 1 saturated heterocycles. The number of pyridine rings is 1. The number of nitrogens with zero attached hydrogens (tertiary/aromatic N) is 3. The highest BCUT2D eigenvalue weighted by atomic mass is 15.2. The normalized spacial score (nSPS) is 24.4. The van der Waals surface area contributed by atoms with Crippen LogP contribution in [0.5, 0.6) is 0 Å². The second-order valence-electron chi connectivity index (χ2n) is 4.33. The molecule has 2 atom stereocenters. The largest absolute Gasteiger partial charge is 0.354 e. The molecule has 0 aromatic carbocycles. The van der Waals surface area contributed by atoms with Crippen LogP contribution < -0.4 is 10.6 Å². The number of hydrogen-bond donors (Lipinski definition) is 1. The fourth-order valence-electron chi connectivity index (χ4n) is 2.28. The number of nitrogens with two attached hydrogens (primary N) is 1. The van der Waals surface area contributed by atoms with Gasteiger partial charge in [0.05, 0.1) is 0 Å². The van der Waals surface area contributed by atoms with E-state index in [9.17, 15) is 0 Å². The summed E-state index contributed by atoms with van der Waals surface area (Å²) in [4.78, 5) is 6.55. The third-order valence-corrected chi connectivity index (χ3v) is 3.14. The summed E-state index contributed by atoms with van der Waals surface area (Å²) in [6, 6.07) is 8.08. The van der Waals surface area contributed by atoms with Crippen molar-refractivity contribution in [1.29, 1.82) is 5.26 Å². The van der Waals surface area contributed by atoms with Crippen molar-refractivity contribution in [2.45, 2.75) is 19.4 Å². The van der Waals surface area contributed by atoms with Crippen molar-refractivity contribution >= 4 is 5.82 Å². The van der Waals surface area contributed by atoms with Gasteiger partial charge in [-0.1, -0.05) is 6.07 Å². The predicted molar refractivity (Wildman–Crippen MR) is 62.9 cm³/mol. The lowest BCUT2D eigenvalue weighted by Crippen LogP contribution is -2.28. The van der Waals surface area contributed by atoms with Crippen molar-refractivity contribution in [3.63, 3.8) is 0 Å². The van der Waals surface area contributed by atoms with Crippen LogP contribution in [0.2, 0.25) is 0 Å². The quantitative estimate of drug-likeness (QED) is 0.804. The number of nitriles is 1. The molecule has 2 N–H and O–H groups in total. The lowest BCUT2D eigenvalue weighted by Gasteiger charge is -2.22. The van der Waals surface area contributed by atoms with Crippen LogP contribution in [0.15, 0.2) is 18.2 Å². The Morgan fingerprint density at radius 2 is 2.44 bits per heavy atom. The first-order valence-corrected chi connectivity index (χ1v) is 5.58. The zero-order valence-electron chi connectivity index (χ0n) is 9.43. The molecule has 0 bridgehead atoms. The van der Waals surface area contributed by atoms with Gasteiger partial charge >= 0.3 is 0 Å². The van der Waals surface area contributed by atoms with E-state index in [4.69, 9.17) is 11.0 Å². The van der Waals surface area contributed by atoms with Crippen LogP contribution in [0.25, 0.3) is 0 Å². The van der Waals surface area contributed by atoms with Gasteiger partial charge in [0.2, 0.25) is 0 Å². The van der Waals surface area contributed by atoms with Gasteiger partial charge in [-0.05, 0) is 37.9 Å². The Bertz CT molecular complexity index is 410. The van der Waals surface area contributed by atoms with Crippen molar-refractivity contribution in [2.75, 3.05) is 18.0 Å². The van der Waals surface area contributed by atoms with Gasteiger partial charge in [-0.25, -0.2) is 4.98 Å². The average molecular weight is 216 g/mol. The van der Waals surface area contributed by atoms with E-state index in [1.165, 1.54) is 0 Å². The van der Waals surface area contributed by atoms with Crippen LogP contribution >= 0.6 is 0 Å². The number of hydrogen-bond acceptors (Lipinski definition) is 4. The highest BCUT2D eigenvalue weighted by Gasteiger charge is 2.28. The molecule has 84 valence electrons. The molecule has 0 saturated carbocycles. The van der Waals surface area contributed by atoms with E-state index in [1.807, 2.05) is 12.1 Å². The Morgan fingerprint density at radius 1 is 1.62 bits per heavy atom. The number of aromatic nitrogens is 1. The molecule has 0 radical (unpaired) electrons. The first kappa shape index (κ1) is 10.9. The maximum Gasteiger partial charge on any atom is 0.142 e. The van der Waals surface area contributed by atoms with Crippen LogP contribution in [0.4, 0.5) is 5.82 Å². The molecule has 1 aliphatic rings. The van der Waals surface area contributed by atoms with Crippen LogP contribution in [-0.2, 0) is 0 Å². The minimum absolute atomic E-state index is 0.454. The zero-order valence-corrected chi connectivity index (χ0v) is 9.43. The molecule has 2 rings (SSSR count). The molecular weight excluding hydrogens is 200 g/mol. The Morgan fingerprint density at radius 3 is 3.06 bits per heavy atom. The topological polar surface area (TPSA) is 65.9 Å². The lowest BCUT2D eigenvalue weighted by molar-refractivity contribution is 0.579. The highest BCUT2D eigenvalue weighted by molar-refractivity contribution is 5.43. The molecule has 1 fully saturated rings. The summed E-state index contributed by atoms with van der Waals surface area (Å²) in [7, 11) is 0. The van der Waals surface area contributed by atoms with E-state index in [-0.39, 0.29) is 0 Å². The van der Waals surface area contributed by atoms with Gasteiger partial charge < -0.3 is 10.6 Å². The van der Waals surface area contributed by atoms with Crippen LogP contribution in [0.3, 0.4) is 0 Å².